The van der Waals surface area contributed by atoms with E-state index in [0.717, 1.165) is 6.42 Å². The Morgan fingerprint density at radius 3 is 2.90 bits per heavy atom. The second-order valence-electron chi connectivity index (χ2n) is 4.80. The van der Waals surface area contributed by atoms with Crippen molar-refractivity contribution in [1.82, 2.24) is 4.98 Å². The van der Waals surface area contributed by atoms with Crippen LogP contribution in [0.1, 0.15) is 19.8 Å². The topological polar surface area (TPSA) is 72.2 Å². The molecule has 106 valence electrons. The van der Waals surface area contributed by atoms with Crippen molar-refractivity contribution in [3.63, 3.8) is 0 Å². The number of carbonyl (C=O) groups excluding carboxylic acids is 1. The summed E-state index contributed by atoms with van der Waals surface area (Å²) in [6, 6.07) is 10.2. The van der Waals surface area contributed by atoms with Crippen LogP contribution < -0.4 is 10.7 Å². The maximum Gasteiger partial charge on any atom is 0.224 e. The smallest absolute Gasteiger partial charge is 0.224 e. The number of fused-ring (bicyclic) bond motifs is 2. The molecule has 5 heteroatoms. The third-order valence-electron chi connectivity index (χ3n) is 3.14. The second-order valence-corrected chi connectivity index (χ2v) is 4.80. The largest absolute Gasteiger partial charge is 0.453 e. The Morgan fingerprint density at radius 1 is 1.29 bits per heavy atom. The lowest BCUT2D eigenvalue weighted by molar-refractivity contribution is -0.116. The summed E-state index contributed by atoms with van der Waals surface area (Å²) in [7, 11) is 0. The predicted octanol–water partition coefficient (Wildman–Crippen LogP) is 3.03. The van der Waals surface area contributed by atoms with Gasteiger partial charge in [0.2, 0.25) is 11.3 Å². The van der Waals surface area contributed by atoms with Crippen LogP contribution in [0.25, 0.3) is 22.6 Å². The lowest BCUT2D eigenvalue weighted by atomic mass is 10.2. The first-order chi connectivity index (χ1) is 10.2. The average molecular weight is 282 g/mol. The van der Waals surface area contributed by atoms with Gasteiger partial charge in [0.05, 0.1) is 5.69 Å². The van der Waals surface area contributed by atoms with E-state index >= 15 is 0 Å². The molecule has 0 unspecified atom stereocenters. The van der Waals surface area contributed by atoms with Crippen LogP contribution in [0.15, 0.2) is 45.6 Å². The van der Waals surface area contributed by atoms with Crippen molar-refractivity contribution in [3.05, 3.63) is 46.6 Å². The summed E-state index contributed by atoms with van der Waals surface area (Å²) in [6.45, 7) is 1.91. The fourth-order valence-electron chi connectivity index (χ4n) is 2.14. The fraction of sp³-hybridized carbons (Fsp3) is 0.188. The molecule has 1 aromatic carbocycles. The van der Waals surface area contributed by atoms with Gasteiger partial charge in [-0.1, -0.05) is 19.1 Å². The molecule has 5 nitrogen and oxygen atoms in total. The van der Waals surface area contributed by atoms with Crippen molar-refractivity contribution >= 4 is 22.7 Å². The number of para-hydroxylation sites is 2. The van der Waals surface area contributed by atoms with E-state index in [9.17, 15) is 9.59 Å². The normalized spacial score (nSPS) is 10.9. The van der Waals surface area contributed by atoms with E-state index in [0.29, 0.717) is 29.0 Å². The quantitative estimate of drug-likeness (QED) is 0.749. The molecule has 0 radical (unpaired) electrons. The highest BCUT2D eigenvalue weighted by atomic mass is 16.3. The molecule has 0 aromatic heterocycles. The number of anilines is 1. The Balaban J connectivity index is 2.10. The third kappa shape index (κ3) is 2.63. The number of amides is 1. The van der Waals surface area contributed by atoms with E-state index in [-0.39, 0.29) is 17.0 Å². The monoisotopic (exact) mass is 282 g/mol. The molecule has 0 bridgehead atoms. The minimum Gasteiger partial charge on any atom is -0.453 e. The number of carbonyl (C=O) groups is 1. The Hall–Kier alpha value is -2.69. The van der Waals surface area contributed by atoms with Gasteiger partial charge in [0.1, 0.15) is 11.2 Å². The highest BCUT2D eigenvalue weighted by molar-refractivity contribution is 5.91. The molecular weight excluding hydrogens is 268 g/mol. The number of hydrogen-bond donors (Lipinski definition) is 1. The van der Waals surface area contributed by atoms with Crippen LogP contribution in [0.2, 0.25) is 0 Å². The lowest BCUT2D eigenvalue weighted by Gasteiger charge is -2.08. The maximum absolute atomic E-state index is 12.0. The molecule has 0 spiro atoms. The molecule has 0 fully saturated rings. The summed E-state index contributed by atoms with van der Waals surface area (Å²) in [5.41, 5.74) is 1.81. The molecule has 0 atom stereocenters. The van der Waals surface area contributed by atoms with Crippen molar-refractivity contribution in [2.24, 2.45) is 0 Å². The highest BCUT2D eigenvalue weighted by Gasteiger charge is 2.14. The molecule has 1 aliphatic heterocycles. The van der Waals surface area contributed by atoms with Gasteiger partial charge >= 0.3 is 0 Å². The van der Waals surface area contributed by atoms with Crippen molar-refractivity contribution in [3.8, 4) is 11.5 Å². The molecular formula is C16H14N2O3. The van der Waals surface area contributed by atoms with Crippen LogP contribution in [0.5, 0.6) is 0 Å². The number of benzene rings is 2. The first-order valence-electron chi connectivity index (χ1n) is 6.81. The number of nitrogens with one attached hydrogen (secondary N) is 1. The van der Waals surface area contributed by atoms with E-state index in [1.165, 1.54) is 6.07 Å². The van der Waals surface area contributed by atoms with Gasteiger partial charge < -0.3 is 9.73 Å². The van der Waals surface area contributed by atoms with Crippen LogP contribution in [0, 0.1) is 0 Å². The molecule has 1 heterocycles. The second kappa shape index (κ2) is 5.36. The minimum absolute atomic E-state index is 0.174. The summed E-state index contributed by atoms with van der Waals surface area (Å²) in [6.07, 6.45) is 1.11. The molecule has 1 aromatic rings. The van der Waals surface area contributed by atoms with Crippen molar-refractivity contribution in [2.45, 2.75) is 19.8 Å². The lowest BCUT2D eigenvalue weighted by Crippen LogP contribution is -2.17. The first kappa shape index (κ1) is 13.3. The molecule has 1 amide bonds. The van der Waals surface area contributed by atoms with E-state index in [4.69, 9.17) is 4.42 Å². The number of aromatic nitrogens is 1. The van der Waals surface area contributed by atoms with E-state index in [1.54, 1.807) is 12.1 Å². The van der Waals surface area contributed by atoms with Gasteiger partial charge in [0.15, 0.2) is 11.3 Å². The van der Waals surface area contributed by atoms with Crippen LogP contribution >= 0.6 is 0 Å². The fourth-order valence-corrected chi connectivity index (χ4v) is 2.14. The highest BCUT2D eigenvalue weighted by Crippen LogP contribution is 2.25. The molecule has 0 saturated heterocycles. The average Bonchev–Trinajstić information content (AvgIpc) is 2.46. The van der Waals surface area contributed by atoms with Gasteiger partial charge in [-0.3, -0.25) is 9.59 Å². The van der Waals surface area contributed by atoms with Gasteiger partial charge in [-0.15, -0.1) is 0 Å². The minimum atomic E-state index is -0.284. The van der Waals surface area contributed by atoms with Gasteiger partial charge in [0.25, 0.3) is 0 Å². The van der Waals surface area contributed by atoms with Crippen LogP contribution in [-0.2, 0) is 4.79 Å². The summed E-state index contributed by atoms with van der Waals surface area (Å²) in [5, 5.41) is 2.62. The number of hydrogen-bond acceptors (Lipinski definition) is 4. The molecule has 3 rings (SSSR count). The van der Waals surface area contributed by atoms with Crippen LogP contribution in [0.4, 0.5) is 5.69 Å². The Labute approximate surface area is 121 Å². The zero-order valence-electron chi connectivity index (χ0n) is 11.6. The molecule has 1 N–H and O–H groups in total. The van der Waals surface area contributed by atoms with Gasteiger partial charge in [-0.05, 0) is 24.6 Å². The Morgan fingerprint density at radius 2 is 2.10 bits per heavy atom. The molecule has 1 aliphatic carbocycles. The van der Waals surface area contributed by atoms with Crippen molar-refractivity contribution in [2.75, 3.05) is 5.32 Å². The maximum atomic E-state index is 12.0. The molecule has 21 heavy (non-hydrogen) atoms. The summed E-state index contributed by atoms with van der Waals surface area (Å²) >= 11 is 0. The predicted molar refractivity (Wildman–Crippen MR) is 80.4 cm³/mol. The van der Waals surface area contributed by atoms with Gasteiger partial charge in [-0.25, -0.2) is 4.98 Å². The first-order valence-corrected chi connectivity index (χ1v) is 6.81. The Bertz CT molecular complexity index is 838. The summed E-state index contributed by atoms with van der Waals surface area (Å²) in [4.78, 5) is 28.1. The van der Waals surface area contributed by atoms with Gasteiger partial charge in [-0.2, -0.15) is 0 Å². The summed E-state index contributed by atoms with van der Waals surface area (Å²) < 4.78 is 5.66. The standard InChI is InChI=1S/C16H14N2O3/c1-2-5-16(20)18-11-8-12-15(9-13(11)19)21-14-7-4-3-6-10(14)17-12/h3-4,6-9H,2,5H2,1H3,(H,18,20). The zero-order chi connectivity index (χ0) is 14.8. The Kier molecular flexibility index (Phi) is 3.39. The van der Waals surface area contributed by atoms with Crippen LogP contribution in [-0.4, -0.2) is 10.9 Å². The van der Waals surface area contributed by atoms with Gasteiger partial charge in [0, 0.05) is 12.5 Å². The molecule has 2 aliphatic rings. The van der Waals surface area contributed by atoms with E-state index in [1.807, 2.05) is 25.1 Å². The number of nitrogens with zero attached hydrogens (tertiary/aromatic N) is 1. The third-order valence-corrected chi connectivity index (χ3v) is 3.14. The molecule has 0 saturated carbocycles. The summed E-state index contributed by atoms with van der Waals surface area (Å²) in [5.74, 6) is 0.235. The van der Waals surface area contributed by atoms with Crippen molar-refractivity contribution in [1.29, 1.82) is 0 Å². The zero-order valence-corrected chi connectivity index (χ0v) is 11.6. The van der Waals surface area contributed by atoms with Crippen molar-refractivity contribution < 1.29 is 9.21 Å². The number of rotatable bonds is 3. The SMILES string of the molecule is CCCC(=O)Nc1cc2nc3ccccc3oc-2cc1=O. The van der Waals surface area contributed by atoms with E-state index < -0.39 is 0 Å². The van der Waals surface area contributed by atoms with E-state index in [2.05, 4.69) is 10.3 Å². The van der Waals surface area contributed by atoms with Crippen LogP contribution in [0.3, 0.4) is 0 Å².